The first-order chi connectivity index (χ1) is 13.8. The van der Waals surface area contributed by atoms with Crippen molar-refractivity contribution in [2.45, 2.75) is 45.3 Å². The van der Waals surface area contributed by atoms with E-state index in [1.165, 1.54) is 16.4 Å². The van der Waals surface area contributed by atoms with Crippen molar-refractivity contribution < 1.29 is 31.5 Å². The molecule has 2 aliphatic rings. The van der Waals surface area contributed by atoms with E-state index in [1.54, 1.807) is 19.1 Å². The highest BCUT2D eigenvalue weighted by molar-refractivity contribution is 7.93. The van der Waals surface area contributed by atoms with Gasteiger partial charge >= 0.3 is 12.7 Å². The highest BCUT2D eigenvalue weighted by atomic mass is 32.2. The van der Waals surface area contributed by atoms with Gasteiger partial charge in [0.05, 0.1) is 11.5 Å². The van der Waals surface area contributed by atoms with Crippen LogP contribution in [0.2, 0.25) is 0 Å². The Morgan fingerprint density at radius 3 is 2.86 bits per heavy atom. The third kappa shape index (κ3) is 5.24. The summed E-state index contributed by atoms with van der Waals surface area (Å²) >= 11 is 0. The minimum Gasteiger partial charge on any atom is -0.450 e. The smallest absolute Gasteiger partial charge is 0.407 e. The Balaban J connectivity index is 1.74. The molecule has 0 radical (unpaired) electrons. The van der Waals surface area contributed by atoms with Gasteiger partial charge in [0.15, 0.2) is 0 Å². The van der Waals surface area contributed by atoms with E-state index in [2.05, 4.69) is 10.1 Å². The Hall–Kier alpha value is -2.20. The van der Waals surface area contributed by atoms with E-state index in [0.29, 0.717) is 31.4 Å². The van der Waals surface area contributed by atoms with Gasteiger partial charge in [-0.3, -0.25) is 0 Å². The summed E-state index contributed by atoms with van der Waals surface area (Å²) in [5, 5.41) is 2.70. The quantitative estimate of drug-likeness (QED) is 0.750. The summed E-state index contributed by atoms with van der Waals surface area (Å²) in [5.41, 5.74) is 1.44. The van der Waals surface area contributed by atoms with Crippen molar-refractivity contribution in [1.29, 1.82) is 0 Å². The predicted molar refractivity (Wildman–Crippen MR) is 103 cm³/mol. The largest absolute Gasteiger partial charge is 0.450 e. The average Bonchev–Trinajstić information content (AvgIpc) is 2.67. The molecule has 10 heteroatoms. The minimum absolute atomic E-state index is 0.0577. The van der Waals surface area contributed by atoms with E-state index in [9.17, 15) is 22.0 Å². The number of nitrogens with one attached hydrogen (secondary N) is 1. The molecule has 1 aromatic carbocycles. The number of amides is 1. The lowest BCUT2D eigenvalue weighted by atomic mass is 9.97. The molecular formula is C19H24F2N2O5S. The van der Waals surface area contributed by atoms with Gasteiger partial charge in [0.1, 0.15) is 5.75 Å². The van der Waals surface area contributed by atoms with Gasteiger partial charge in [-0.25, -0.2) is 13.2 Å². The zero-order chi connectivity index (χ0) is 21.0. The van der Waals surface area contributed by atoms with Gasteiger partial charge in [-0.15, -0.1) is 0 Å². The fourth-order valence-corrected chi connectivity index (χ4v) is 5.32. The standard InChI is InChI=1S/C19H24F2N2O5S/c1-2-27-19(24)22-15-4-3-9-23(12-15)29(25,26)17-8-6-13-10-16(28-18(20)21)7-5-14(13)11-17/h5,7,10-11,15,18H,2-4,6,8-9,12H2,1H3,(H,22,24). The van der Waals surface area contributed by atoms with E-state index in [4.69, 9.17) is 4.74 Å². The van der Waals surface area contributed by atoms with Crippen molar-refractivity contribution in [1.82, 2.24) is 9.62 Å². The minimum atomic E-state index is -3.69. The molecular weight excluding hydrogens is 406 g/mol. The summed E-state index contributed by atoms with van der Waals surface area (Å²) in [5.74, 6) is 0.0577. The number of carbonyl (C=O) groups excluding carboxylic acids is 1. The van der Waals surface area contributed by atoms with Crippen molar-refractivity contribution >= 4 is 22.2 Å². The van der Waals surface area contributed by atoms with Gasteiger partial charge < -0.3 is 14.8 Å². The number of carbonyl (C=O) groups is 1. The number of halogens is 2. The molecule has 3 rings (SSSR count). The van der Waals surface area contributed by atoms with Crippen molar-refractivity contribution in [2.24, 2.45) is 0 Å². The van der Waals surface area contributed by atoms with Crippen LogP contribution in [0.25, 0.3) is 6.08 Å². The van der Waals surface area contributed by atoms with Crippen LogP contribution in [-0.2, 0) is 21.2 Å². The molecule has 1 fully saturated rings. The van der Waals surface area contributed by atoms with Gasteiger partial charge in [0.2, 0.25) is 10.0 Å². The van der Waals surface area contributed by atoms with Crippen LogP contribution in [0.4, 0.5) is 13.6 Å². The number of alkyl halides is 2. The molecule has 160 valence electrons. The Morgan fingerprint density at radius 1 is 1.34 bits per heavy atom. The van der Waals surface area contributed by atoms with Crippen molar-refractivity contribution in [3.05, 3.63) is 34.2 Å². The number of hydrogen-bond acceptors (Lipinski definition) is 5. The molecule has 1 heterocycles. The van der Waals surface area contributed by atoms with Crippen molar-refractivity contribution in [3.63, 3.8) is 0 Å². The van der Waals surface area contributed by atoms with Crippen LogP contribution in [0.1, 0.15) is 37.3 Å². The number of nitrogens with zero attached hydrogens (tertiary/aromatic N) is 1. The van der Waals surface area contributed by atoms with Gasteiger partial charge in [-0.05, 0) is 61.9 Å². The summed E-state index contributed by atoms with van der Waals surface area (Å²) in [6.07, 6.45) is 3.04. The van der Waals surface area contributed by atoms with Crippen LogP contribution < -0.4 is 10.1 Å². The molecule has 1 amide bonds. The summed E-state index contributed by atoms with van der Waals surface area (Å²) in [6, 6.07) is 4.20. The fourth-order valence-electron chi connectivity index (χ4n) is 3.61. The van der Waals surface area contributed by atoms with Crippen LogP contribution in [-0.4, -0.2) is 51.2 Å². The number of allylic oxidation sites excluding steroid dienone is 1. The molecule has 0 spiro atoms. The number of aryl methyl sites for hydroxylation is 1. The molecule has 1 saturated heterocycles. The zero-order valence-electron chi connectivity index (χ0n) is 16.1. The molecule has 1 aromatic rings. The maximum atomic E-state index is 13.1. The molecule has 1 aliphatic carbocycles. The number of fused-ring (bicyclic) bond motifs is 1. The maximum Gasteiger partial charge on any atom is 0.407 e. The molecule has 29 heavy (non-hydrogen) atoms. The molecule has 1 aliphatic heterocycles. The molecule has 7 nitrogen and oxygen atoms in total. The van der Waals surface area contributed by atoms with E-state index >= 15 is 0 Å². The molecule has 0 bridgehead atoms. The topological polar surface area (TPSA) is 84.9 Å². The fraction of sp³-hybridized carbons (Fsp3) is 0.526. The lowest BCUT2D eigenvalue weighted by Crippen LogP contribution is -2.49. The Morgan fingerprint density at radius 2 is 2.14 bits per heavy atom. The predicted octanol–water partition coefficient (Wildman–Crippen LogP) is 3.12. The second kappa shape index (κ2) is 9.08. The van der Waals surface area contributed by atoms with Crippen LogP contribution in [0, 0.1) is 0 Å². The van der Waals surface area contributed by atoms with Gasteiger partial charge in [0.25, 0.3) is 0 Å². The lowest BCUT2D eigenvalue weighted by molar-refractivity contribution is -0.0498. The normalized spacial score (nSPS) is 20.0. The summed E-state index contributed by atoms with van der Waals surface area (Å²) in [6.45, 7) is -0.385. The van der Waals surface area contributed by atoms with Crippen LogP contribution in [0.15, 0.2) is 23.1 Å². The first kappa shape index (κ1) is 21.5. The van der Waals surface area contributed by atoms with Crippen LogP contribution in [0.5, 0.6) is 5.75 Å². The number of piperidine rings is 1. The summed E-state index contributed by atoms with van der Waals surface area (Å²) in [7, 11) is -3.69. The van der Waals surface area contributed by atoms with Crippen LogP contribution >= 0.6 is 0 Å². The number of ether oxygens (including phenoxy) is 2. The zero-order valence-corrected chi connectivity index (χ0v) is 16.9. The molecule has 1 atom stereocenters. The summed E-state index contributed by atoms with van der Waals surface area (Å²) in [4.78, 5) is 11.9. The van der Waals surface area contributed by atoms with Crippen LogP contribution in [0.3, 0.4) is 0 Å². The Bertz CT molecular complexity index is 889. The SMILES string of the molecule is CCOC(=O)NC1CCCN(S(=O)(=O)C2=Cc3ccc(OC(F)F)cc3CC2)C1. The van der Waals surface area contributed by atoms with Gasteiger partial charge in [-0.1, -0.05) is 6.07 Å². The van der Waals surface area contributed by atoms with E-state index in [0.717, 1.165) is 5.56 Å². The van der Waals surface area contributed by atoms with Crippen molar-refractivity contribution in [3.8, 4) is 5.75 Å². The second-order valence-corrected chi connectivity index (χ2v) is 8.91. The first-order valence-corrected chi connectivity index (χ1v) is 11.0. The molecule has 1 N–H and O–H groups in total. The van der Waals surface area contributed by atoms with Gasteiger partial charge in [-0.2, -0.15) is 13.1 Å². The third-order valence-electron chi connectivity index (χ3n) is 4.95. The number of benzene rings is 1. The second-order valence-electron chi connectivity index (χ2n) is 6.92. The number of alkyl carbamates (subject to hydrolysis) is 1. The highest BCUT2D eigenvalue weighted by Crippen LogP contribution is 2.32. The first-order valence-electron chi connectivity index (χ1n) is 9.51. The average molecular weight is 430 g/mol. The monoisotopic (exact) mass is 430 g/mol. The molecule has 1 unspecified atom stereocenters. The van der Waals surface area contributed by atoms with Gasteiger partial charge in [0, 0.05) is 19.1 Å². The molecule has 0 aromatic heterocycles. The third-order valence-corrected chi connectivity index (χ3v) is 6.95. The number of sulfonamides is 1. The maximum absolute atomic E-state index is 13.1. The van der Waals surface area contributed by atoms with Crippen molar-refractivity contribution in [2.75, 3.05) is 19.7 Å². The molecule has 0 saturated carbocycles. The number of rotatable bonds is 6. The highest BCUT2D eigenvalue weighted by Gasteiger charge is 2.33. The van der Waals surface area contributed by atoms with E-state index in [1.807, 2.05) is 0 Å². The Kier molecular flexibility index (Phi) is 6.74. The summed E-state index contributed by atoms with van der Waals surface area (Å²) < 4.78 is 61.6. The van der Waals surface area contributed by atoms with E-state index < -0.39 is 22.7 Å². The van der Waals surface area contributed by atoms with E-state index in [-0.39, 0.29) is 36.3 Å². The number of hydrogen-bond donors (Lipinski definition) is 1. The Labute approximate surface area is 168 Å². The lowest BCUT2D eigenvalue weighted by Gasteiger charge is -2.33.